The number of fused-ring (bicyclic) bond motifs is 5. The van der Waals surface area contributed by atoms with E-state index >= 15 is 0 Å². The third-order valence-corrected chi connectivity index (χ3v) is 11.2. The molecule has 0 amide bonds. The van der Waals surface area contributed by atoms with Gasteiger partial charge in [0.2, 0.25) is 0 Å². The van der Waals surface area contributed by atoms with Crippen LogP contribution in [-0.4, -0.2) is 6.04 Å². The van der Waals surface area contributed by atoms with E-state index in [2.05, 4.69) is 180 Å². The first-order chi connectivity index (χ1) is 23.8. The summed E-state index contributed by atoms with van der Waals surface area (Å²) in [5, 5.41) is 6.73. The smallest absolute Gasteiger partial charge is 0.103 e. The molecule has 0 radical (unpaired) electrons. The lowest BCUT2D eigenvalue weighted by atomic mass is 9.88. The Morgan fingerprint density at radius 2 is 1.33 bits per heavy atom. The van der Waals surface area contributed by atoms with Crippen LogP contribution in [0.3, 0.4) is 0 Å². The molecule has 0 aromatic heterocycles. The summed E-state index contributed by atoms with van der Waals surface area (Å²) < 4.78 is 0. The maximum atomic E-state index is 3.89. The highest BCUT2D eigenvalue weighted by Crippen LogP contribution is 2.51. The van der Waals surface area contributed by atoms with Gasteiger partial charge in [-0.25, -0.2) is 0 Å². The molecule has 0 saturated heterocycles. The molecule has 3 heteroatoms. The van der Waals surface area contributed by atoms with E-state index in [0.717, 1.165) is 12.8 Å². The van der Waals surface area contributed by atoms with Crippen LogP contribution in [0.5, 0.6) is 0 Å². The van der Waals surface area contributed by atoms with Crippen LogP contribution in [0.2, 0.25) is 0 Å². The standard InChI is InChI=1S/C45H36N2S/c1-4-10-31(11-5-1)33-18-23-38(24-19-33)47(39-25-20-34(21-26-39)32-12-6-2-7-13-32)40-27-28-41-37(30-40)17-16-35-22-29-42-44(43(35)41)46-45(48-42)36-14-8-3-9-15-36/h1-12,14-29,32,40,45-46H,13,30H2. The summed E-state index contributed by atoms with van der Waals surface area (Å²) in [5.41, 5.74) is 11.6. The second kappa shape index (κ2) is 12.4. The van der Waals surface area contributed by atoms with Crippen molar-refractivity contribution in [1.82, 2.24) is 0 Å². The van der Waals surface area contributed by atoms with Crippen LogP contribution in [-0.2, 0) is 6.42 Å². The number of nitrogens with one attached hydrogen (secondary N) is 1. The van der Waals surface area contributed by atoms with Gasteiger partial charge < -0.3 is 10.2 Å². The highest BCUT2D eigenvalue weighted by molar-refractivity contribution is 8.00. The van der Waals surface area contributed by atoms with Crippen molar-refractivity contribution >= 4 is 45.7 Å². The minimum absolute atomic E-state index is 0.178. The number of allylic oxidation sites excluding steroid dienone is 4. The molecule has 0 spiro atoms. The Bertz CT molecular complexity index is 2180. The van der Waals surface area contributed by atoms with Crippen LogP contribution in [0.4, 0.5) is 17.1 Å². The molecule has 3 aliphatic rings. The van der Waals surface area contributed by atoms with E-state index in [1.807, 2.05) is 11.8 Å². The fourth-order valence-corrected chi connectivity index (χ4v) is 8.66. The van der Waals surface area contributed by atoms with Gasteiger partial charge in [-0.05, 0) is 81.9 Å². The van der Waals surface area contributed by atoms with E-state index in [-0.39, 0.29) is 11.4 Å². The van der Waals surface area contributed by atoms with Crippen LogP contribution in [0.1, 0.15) is 40.0 Å². The van der Waals surface area contributed by atoms with Crippen molar-refractivity contribution in [3.05, 3.63) is 186 Å². The number of benzene rings is 6. The number of anilines is 3. The molecule has 6 aromatic carbocycles. The lowest BCUT2D eigenvalue weighted by Gasteiger charge is -2.35. The molecular weight excluding hydrogens is 601 g/mol. The maximum absolute atomic E-state index is 3.89. The average Bonchev–Trinajstić information content (AvgIpc) is 3.61. The van der Waals surface area contributed by atoms with Crippen molar-refractivity contribution in [2.45, 2.75) is 35.1 Å². The Hall–Kier alpha value is -5.25. The van der Waals surface area contributed by atoms with Crippen molar-refractivity contribution in [2.75, 3.05) is 10.2 Å². The number of thioether (sulfide) groups is 1. The zero-order valence-corrected chi connectivity index (χ0v) is 27.5. The molecule has 2 nitrogen and oxygen atoms in total. The lowest BCUT2D eigenvalue weighted by molar-refractivity contribution is 0.767. The zero-order chi connectivity index (χ0) is 31.9. The maximum Gasteiger partial charge on any atom is 0.103 e. The number of nitrogens with zero attached hydrogens (tertiary/aromatic N) is 1. The third-order valence-electron chi connectivity index (χ3n) is 9.98. The van der Waals surface area contributed by atoms with Gasteiger partial charge >= 0.3 is 0 Å². The summed E-state index contributed by atoms with van der Waals surface area (Å²) in [6, 6.07) is 49.2. The Kier molecular flexibility index (Phi) is 7.48. The minimum Gasteiger partial charge on any atom is -0.368 e. The predicted octanol–water partition coefficient (Wildman–Crippen LogP) is 12.1. The minimum atomic E-state index is 0.178. The highest BCUT2D eigenvalue weighted by Gasteiger charge is 2.29. The average molecular weight is 637 g/mol. The normalized spacial score (nSPS) is 19.1. The summed E-state index contributed by atoms with van der Waals surface area (Å²) in [6.45, 7) is 0. The quantitative estimate of drug-likeness (QED) is 0.196. The summed E-state index contributed by atoms with van der Waals surface area (Å²) in [6.07, 6.45) is 15.7. The summed E-state index contributed by atoms with van der Waals surface area (Å²) >= 11 is 1.91. The van der Waals surface area contributed by atoms with Crippen LogP contribution in [0.25, 0.3) is 28.0 Å². The molecule has 9 rings (SSSR count). The molecule has 0 fully saturated rings. The van der Waals surface area contributed by atoms with E-state index in [1.165, 1.54) is 66.1 Å². The largest absolute Gasteiger partial charge is 0.368 e. The summed E-state index contributed by atoms with van der Waals surface area (Å²) in [4.78, 5) is 3.84. The van der Waals surface area contributed by atoms with Crippen LogP contribution in [0, 0.1) is 0 Å². The SMILES string of the molecule is C1=CCC(c2ccc(N(c3ccc(-c4ccccc4)cc3)C3C=Cc4c(ccc5ccc6c(c45)NC(c4ccccc4)S6)C3)cc2)C=C1. The van der Waals surface area contributed by atoms with Crippen molar-refractivity contribution in [3.63, 3.8) is 0 Å². The first-order valence-corrected chi connectivity index (χ1v) is 17.8. The van der Waals surface area contributed by atoms with E-state index < -0.39 is 0 Å². The summed E-state index contributed by atoms with van der Waals surface area (Å²) in [5.74, 6) is 0.437. The topological polar surface area (TPSA) is 15.3 Å². The van der Waals surface area contributed by atoms with Gasteiger partial charge in [0.15, 0.2) is 0 Å². The van der Waals surface area contributed by atoms with Crippen LogP contribution >= 0.6 is 11.8 Å². The Morgan fingerprint density at radius 3 is 2.08 bits per heavy atom. The number of hydrogen-bond donors (Lipinski definition) is 1. The van der Waals surface area contributed by atoms with Crippen molar-refractivity contribution < 1.29 is 0 Å². The Labute approximate surface area is 287 Å². The molecule has 232 valence electrons. The van der Waals surface area contributed by atoms with Gasteiger partial charge in [-0.15, -0.1) is 0 Å². The second-order valence-electron chi connectivity index (χ2n) is 12.9. The fourth-order valence-electron chi connectivity index (χ4n) is 7.51. The monoisotopic (exact) mass is 636 g/mol. The first kappa shape index (κ1) is 28.9. The van der Waals surface area contributed by atoms with Gasteiger partial charge in [0.1, 0.15) is 5.37 Å². The van der Waals surface area contributed by atoms with Gasteiger partial charge in [-0.3, -0.25) is 0 Å². The van der Waals surface area contributed by atoms with E-state index in [0.29, 0.717) is 5.92 Å². The molecule has 1 N–H and O–H groups in total. The van der Waals surface area contributed by atoms with E-state index in [4.69, 9.17) is 0 Å². The molecule has 1 heterocycles. The Balaban J connectivity index is 1.08. The van der Waals surface area contributed by atoms with Crippen LogP contribution < -0.4 is 10.2 Å². The lowest BCUT2D eigenvalue weighted by Crippen LogP contribution is -2.33. The molecule has 6 aromatic rings. The van der Waals surface area contributed by atoms with Crippen molar-refractivity contribution in [1.29, 1.82) is 0 Å². The molecule has 2 aliphatic carbocycles. The van der Waals surface area contributed by atoms with E-state index in [9.17, 15) is 0 Å². The molecule has 1 aliphatic heterocycles. The van der Waals surface area contributed by atoms with Gasteiger partial charge in [0.25, 0.3) is 0 Å². The first-order valence-electron chi connectivity index (χ1n) is 16.9. The predicted molar refractivity (Wildman–Crippen MR) is 205 cm³/mol. The number of rotatable bonds is 6. The molecule has 3 unspecified atom stereocenters. The Morgan fingerprint density at radius 1 is 0.625 bits per heavy atom. The number of hydrogen-bond acceptors (Lipinski definition) is 3. The molecule has 0 bridgehead atoms. The zero-order valence-electron chi connectivity index (χ0n) is 26.7. The molecule has 3 atom stereocenters. The van der Waals surface area contributed by atoms with Crippen LogP contribution in [0.15, 0.2) is 169 Å². The van der Waals surface area contributed by atoms with Gasteiger partial charge in [-0.2, -0.15) is 0 Å². The van der Waals surface area contributed by atoms with Crippen molar-refractivity contribution in [2.24, 2.45) is 0 Å². The summed E-state index contributed by atoms with van der Waals surface area (Å²) in [7, 11) is 0. The fraction of sp³-hybridized carbons (Fsp3) is 0.111. The van der Waals surface area contributed by atoms with Crippen molar-refractivity contribution in [3.8, 4) is 11.1 Å². The van der Waals surface area contributed by atoms with E-state index in [1.54, 1.807) is 0 Å². The molecule has 48 heavy (non-hydrogen) atoms. The van der Waals surface area contributed by atoms with Gasteiger partial charge in [0, 0.05) is 27.6 Å². The highest BCUT2D eigenvalue weighted by atomic mass is 32.2. The molecular formula is C45H36N2S. The second-order valence-corrected chi connectivity index (χ2v) is 14.0. The molecule has 0 saturated carbocycles. The third kappa shape index (κ3) is 5.35. The van der Waals surface area contributed by atoms with Gasteiger partial charge in [0.05, 0.1) is 11.7 Å². The van der Waals surface area contributed by atoms with Gasteiger partial charge in [-0.1, -0.05) is 151 Å².